The van der Waals surface area contributed by atoms with E-state index in [9.17, 15) is 4.79 Å². The number of carbonyl (C=O) groups excluding carboxylic acids is 1. The summed E-state index contributed by atoms with van der Waals surface area (Å²) in [7, 11) is 0. The first-order chi connectivity index (χ1) is 15.2. The molecule has 0 fully saturated rings. The normalized spacial score (nSPS) is 12.2. The molecule has 0 aromatic heterocycles. The van der Waals surface area contributed by atoms with Crippen LogP contribution in [0.15, 0.2) is 0 Å². The molecule has 1 atom stereocenters. The minimum Gasteiger partial charge on any atom is -0.357 e. The van der Waals surface area contributed by atoms with Crippen molar-refractivity contribution in [2.45, 2.75) is 78.1 Å². The molecule has 186 valence electrons. The van der Waals surface area contributed by atoms with E-state index in [1.165, 1.54) is 70.0 Å². The van der Waals surface area contributed by atoms with Crippen molar-refractivity contribution in [2.24, 2.45) is 5.92 Å². The second-order valence-electron chi connectivity index (χ2n) is 8.55. The van der Waals surface area contributed by atoms with E-state index in [0.717, 1.165) is 51.6 Å². The molecule has 0 heterocycles. The van der Waals surface area contributed by atoms with Gasteiger partial charge in [-0.05, 0) is 12.2 Å². The van der Waals surface area contributed by atoms with Crippen molar-refractivity contribution in [2.75, 3.05) is 63.9 Å². The van der Waals surface area contributed by atoms with Crippen LogP contribution >= 0.6 is 11.8 Å². The third kappa shape index (κ3) is 24.1. The van der Waals surface area contributed by atoms with E-state index < -0.39 is 0 Å². The minimum atomic E-state index is 0.0978. The van der Waals surface area contributed by atoms with Gasteiger partial charge in [0.15, 0.2) is 0 Å². The summed E-state index contributed by atoms with van der Waals surface area (Å²) in [6.07, 6.45) is 13.8. The van der Waals surface area contributed by atoms with Gasteiger partial charge in [-0.2, -0.15) is 11.8 Å². The van der Waals surface area contributed by atoms with Crippen LogP contribution in [0.2, 0.25) is 0 Å². The Balaban J connectivity index is 3.30. The zero-order valence-electron chi connectivity index (χ0n) is 20.7. The summed E-state index contributed by atoms with van der Waals surface area (Å²) in [4.78, 5) is 12.2. The van der Waals surface area contributed by atoms with Crippen LogP contribution in [-0.2, 0) is 4.79 Å². The number of rotatable bonds is 25. The first kappa shape index (κ1) is 30.7. The Morgan fingerprint density at radius 2 is 1.23 bits per heavy atom. The average Bonchev–Trinajstić information content (AvgIpc) is 2.77. The standard InChI is InChI=1S/C24H53N5OS/c1-3-4-5-6-7-8-9-10-11-12-21-31-22-23(2)24(30)29-20-19-28-18-17-27-16-15-26-14-13-25/h23,26-28H,3-22,25H2,1-2H3,(H,29,30)/p+1. The van der Waals surface area contributed by atoms with Gasteiger partial charge in [0, 0.05) is 57.5 Å². The molecule has 7 N–H and O–H groups in total. The fourth-order valence-electron chi connectivity index (χ4n) is 3.33. The summed E-state index contributed by atoms with van der Waals surface area (Å²) in [5, 5.41) is 13.1. The third-order valence-corrected chi connectivity index (χ3v) is 6.68. The number of thioether (sulfide) groups is 1. The molecule has 6 nitrogen and oxygen atoms in total. The van der Waals surface area contributed by atoms with Gasteiger partial charge in [-0.25, -0.2) is 0 Å². The topological polar surface area (TPSA) is 92.8 Å². The lowest BCUT2D eigenvalue weighted by Crippen LogP contribution is -2.54. The Labute approximate surface area is 197 Å². The Morgan fingerprint density at radius 1 is 0.742 bits per heavy atom. The van der Waals surface area contributed by atoms with Crippen LogP contribution in [0.4, 0.5) is 0 Å². The summed E-state index contributed by atoms with van der Waals surface area (Å²) >= 11 is 1.93. The predicted molar refractivity (Wildman–Crippen MR) is 138 cm³/mol. The summed E-state index contributed by atoms with van der Waals surface area (Å²) in [6, 6.07) is 0. The molecule has 0 spiro atoms. The van der Waals surface area contributed by atoms with Crippen molar-refractivity contribution in [3.8, 4) is 0 Å². The monoisotopic (exact) mass is 460 g/mol. The maximum atomic E-state index is 12.2. The van der Waals surface area contributed by atoms with Crippen molar-refractivity contribution in [1.82, 2.24) is 21.3 Å². The number of hydrogen-bond acceptors (Lipinski definition) is 5. The van der Waals surface area contributed by atoms with Gasteiger partial charge in [-0.1, -0.05) is 71.6 Å². The molecule has 0 aromatic carbocycles. The van der Waals surface area contributed by atoms with Crippen LogP contribution < -0.4 is 27.0 Å². The molecule has 31 heavy (non-hydrogen) atoms. The highest BCUT2D eigenvalue weighted by molar-refractivity contribution is 7.99. The molecular weight excluding hydrogens is 406 g/mol. The van der Waals surface area contributed by atoms with Crippen LogP contribution in [-0.4, -0.2) is 69.8 Å². The van der Waals surface area contributed by atoms with Gasteiger partial charge in [0.25, 0.3) is 0 Å². The summed E-state index contributed by atoms with van der Waals surface area (Å²) in [6.45, 7) is 11.6. The number of unbranched alkanes of at least 4 members (excludes halogenated alkanes) is 9. The highest BCUT2D eigenvalue weighted by Gasteiger charge is 2.11. The Bertz CT molecular complexity index is 374. The maximum Gasteiger partial charge on any atom is 0.223 e. The van der Waals surface area contributed by atoms with Gasteiger partial charge in [0.2, 0.25) is 5.91 Å². The molecule has 0 radical (unpaired) electrons. The summed E-state index contributed by atoms with van der Waals surface area (Å²) < 4.78 is 0. The van der Waals surface area contributed by atoms with E-state index in [4.69, 9.17) is 0 Å². The van der Waals surface area contributed by atoms with Crippen LogP contribution in [0.3, 0.4) is 0 Å². The Hall–Kier alpha value is -0.340. The maximum absolute atomic E-state index is 12.2. The van der Waals surface area contributed by atoms with Gasteiger partial charge in [-0.15, -0.1) is 0 Å². The first-order valence-corrected chi connectivity index (χ1v) is 14.1. The predicted octanol–water partition coefficient (Wildman–Crippen LogP) is 2.40. The molecule has 0 aliphatic rings. The van der Waals surface area contributed by atoms with Gasteiger partial charge >= 0.3 is 0 Å². The molecule has 0 aliphatic carbocycles. The lowest BCUT2D eigenvalue weighted by Gasteiger charge is -2.12. The second-order valence-corrected chi connectivity index (χ2v) is 9.70. The quantitative estimate of drug-likeness (QED) is 0.135. The van der Waals surface area contributed by atoms with Crippen LogP contribution in [0.1, 0.15) is 78.1 Å². The molecule has 0 aliphatic heterocycles. The van der Waals surface area contributed by atoms with Crippen molar-refractivity contribution >= 4 is 17.7 Å². The van der Waals surface area contributed by atoms with E-state index in [0.29, 0.717) is 6.54 Å². The molecule has 0 bridgehead atoms. The number of amides is 1. The van der Waals surface area contributed by atoms with Crippen molar-refractivity contribution in [3.05, 3.63) is 0 Å². The van der Waals surface area contributed by atoms with Gasteiger partial charge in [0.1, 0.15) is 0 Å². The van der Waals surface area contributed by atoms with E-state index >= 15 is 0 Å². The molecule has 1 unspecified atom stereocenters. The molecule has 0 aromatic rings. The highest BCUT2D eigenvalue weighted by atomic mass is 32.2. The highest BCUT2D eigenvalue weighted by Crippen LogP contribution is 2.14. The van der Waals surface area contributed by atoms with Crippen LogP contribution in [0.25, 0.3) is 0 Å². The summed E-state index contributed by atoms with van der Waals surface area (Å²) in [5.41, 5.74) is 3.80. The van der Waals surface area contributed by atoms with E-state index in [-0.39, 0.29) is 11.8 Å². The first-order valence-electron chi connectivity index (χ1n) is 13.0. The molecule has 0 saturated heterocycles. The van der Waals surface area contributed by atoms with Gasteiger partial charge in [0.05, 0.1) is 6.54 Å². The average molecular weight is 461 g/mol. The number of carbonyl (C=O) groups is 1. The van der Waals surface area contributed by atoms with Crippen molar-refractivity contribution < 1.29 is 10.5 Å². The molecule has 0 rings (SSSR count). The van der Waals surface area contributed by atoms with Crippen LogP contribution in [0, 0.1) is 5.92 Å². The smallest absolute Gasteiger partial charge is 0.223 e. The van der Waals surface area contributed by atoms with E-state index in [1.807, 2.05) is 18.7 Å². The third-order valence-electron chi connectivity index (χ3n) is 5.37. The van der Waals surface area contributed by atoms with Crippen LogP contribution in [0.5, 0.6) is 0 Å². The number of quaternary nitrogens is 1. The number of nitrogens with one attached hydrogen (secondary N) is 4. The largest absolute Gasteiger partial charge is 0.357 e. The Morgan fingerprint density at radius 3 is 1.77 bits per heavy atom. The fourth-order valence-corrected chi connectivity index (χ4v) is 4.41. The van der Waals surface area contributed by atoms with Gasteiger partial charge in [-0.3, -0.25) is 4.79 Å². The Kier molecular flexibility index (Phi) is 25.6. The SMILES string of the molecule is CCCCCCCCCCCCSCC(C)C(=O)NCCNCCNCCNCC[NH3+]. The zero-order chi connectivity index (χ0) is 22.8. The zero-order valence-corrected chi connectivity index (χ0v) is 21.6. The lowest BCUT2D eigenvalue weighted by molar-refractivity contribution is -0.365. The number of hydrogen-bond donors (Lipinski definition) is 5. The molecular formula is C24H54N5OS+. The lowest BCUT2D eigenvalue weighted by atomic mass is 10.1. The van der Waals surface area contributed by atoms with Crippen molar-refractivity contribution in [3.63, 3.8) is 0 Å². The second kappa shape index (κ2) is 25.9. The van der Waals surface area contributed by atoms with E-state index in [2.05, 4.69) is 33.9 Å². The molecule has 7 heteroatoms. The van der Waals surface area contributed by atoms with Crippen molar-refractivity contribution in [1.29, 1.82) is 0 Å². The summed E-state index contributed by atoms with van der Waals surface area (Å²) in [5.74, 6) is 2.41. The minimum absolute atomic E-state index is 0.0978. The van der Waals surface area contributed by atoms with E-state index in [1.54, 1.807) is 0 Å². The van der Waals surface area contributed by atoms with Gasteiger partial charge < -0.3 is 27.0 Å². The molecule has 0 saturated carbocycles. The molecule has 1 amide bonds. The fraction of sp³-hybridized carbons (Fsp3) is 0.958.